The van der Waals surface area contributed by atoms with Crippen molar-refractivity contribution in [1.82, 2.24) is 9.78 Å². The molecule has 0 aliphatic carbocycles. The lowest BCUT2D eigenvalue weighted by Crippen LogP contribution is -2.11. The third kappa shape index (κ3) is 5.60. The van der Waals surface area contributed by atoms with Crippen molar-refractivity contribution in [3.63, 3.8) is 0 Å². The molecule has 0 radical (unpaired) electrons. The number of furan rings is 1. The maximum Gasteiger partial charge on any atom is 0.291 e. The van der Waals surface area contributed by atoms with E-state index in [1.165, 1.54) is 18.2 Å². The van der Waals surface area contributed by atoms with Crippen LogP contribution in [0.25, 0.3) is 0 Å². The van der Waals surface area contributed by atoms with Crippen LogP contribution >= 0.6 is 15.9 Å². The summed E-state index contributed by atoms with van der Waals surface area (Å²) in [6, 6.07) is 13.0. The van der Waals surface area contributed by atoms with Crippen molar-refractivity contribution in [2.45, 2.75) is 34.2 Å². The summed E-state index contributed by atoms with van der Waals surface area (Å²) in [5.74, 6) is 0.861. The molecule has 180 valence electrons. The quantitative estimate of drug-likeness (QED) is 0.213. The van der Waals surface area contributed by atoms with E-state index < -0.39 is 10.8 Å². The summed E-state index contributed by atoms with van der Waals surface area (Å²) in [4.78, 5) is 23.7. The normalized spacial score (nSPS) is 10.9. The summed E-state index contributed by atoms with van der Waals surface area (Å²) in [6.07, 6.45) is 0. The first-order valence-electron chi connectivity index (χ1n) is 10.7. The van der Waals surface area contributed by atoms with Crippen LogP contribution in [0, 0.1) is 37.8 Å². The molecule has 9 nitrogen and oxygen atoms in total. The largest absolute Gasteiger partial charge is 0.457 e. The van der Waals surface area contributed by atoms with Gasteiger partial charge in [-0.25, -0.2) is 0 Å². The fraction of sp³-hybridized carbons (Fsp3) is 0.200. The number of ether oxygens (including phenoxy) is 1. The van der Waals surface area contributed by atoms with E-state index in [0.29, 0.717) is 18.1 Å². The van der Waals surface area contributed by atoms with Gasteiger partial charge in [0, 0.05) is 12.1 Å². The van der Waals surface area contributed by atoms with Crippen molar-refractivity contribution in [3.8, 4) is 11.5 Å². The Labute approximate surface area is 210 Å². The summed E-state index contributed by atoms with van der Waals surface area (Å²) in [5.41, 5.74) is 3.80. The number of carbonyl (C=O) groups excluding carboxylic acids is 1. The molecule has 2 aromatic heterocycles. The second-order valence-corrected chi connectivity index (χ2v) is 9.05. The number of nitrogens with zero attached hydrogens (tertiary/aromatic N) is 3. The van der Waals surface area contributed by atoms with Crippen LogP contribution in [0.3, 0.4) is 0 Å². The second-order valence-electron chi connectivity index (χ2n) is 8.26. The molecule has 0 unspecified atom stereocenters. The predicted molar refractivity (Wildman–Crippen MR) is 134 cm³/mol. The standard InChI is InChI=1S/C25H23BrN4O5/c1-14-7-15(2)9-21(8-14)34-22-11-18(10-19(12-22)30(32)33)27-25(31)23-6-5-20(35-23)13-29-17(4)24(26)16(3)28-29/h5-12H,13H2,1-4H3,(H,27,31). The molecular weight excluding hydrogens is 516 g/mol. The number of carbonyl (C=O) groups is 1. The monoisotopic (exact) mass is 538 g/mol. The van der Waals surface area contributed by atoms with Gasteiger partial charge in [-0.3, -0.25) is 19.6 Å². The smallest absolute Gasteiger partial charge is 0.291 e. The van der Waals surface area contributed by atoms with Crippen molar-refractivity contribution in [1.29, 1.82) is 0 Å². The van der Waals surface area contributed by atoms with Gasteiger partial charge < -0.3 is 14.5 Å². The first-order valence-corrected chi connectivity index (χ1v) is 11.5. The number of nitro groups is 1. The van der Waals surface area contributed by atoms with E-state index in [-0.39, 0.29) is 22.9 Å². The highest BCUT2D eigenvalue weighted by molar-refractivity contribution is 9.10. The van der Waals surface area contributed by atoms with Crippen LogP contribution in [-0.4, -0.2) is 20.6 Å². The summed E-state index contributed by atoms with van der Waals surface area (Å²) in [6.45, 7) is 8.05. The minimum atomic E-state index is -0.540. The van der Waals surface area contributed by atoms with Crippen molar-refractivity contribution >= 4 is 33.2 Å². The lowest BCUT2D eigenvalue weighted by atomic mass is 10.1. The highest BCUT2D eigenvalue weighted by atomic mass is 79.9. The van der Waals surface area contributed by atoms with E-state index in [4.69, 9.17) is 9.15 Å². The number of aryl methyl sites for hydroxylation is 3. The zero-order valence-corrected chi connectivity index (χ0v) is 21.2. The summed E-state index contributed by atoms with van der Waals surface area (Å²) >= 11 is 3.49. The molecule has 10 heteroatoms. The molecule has 1 N–H and O–H groups in total. The van der Waals surface area contributed by atoms with Gasteiger partial charge in [0.1, 0.15) is 17.3 Å². The Morgan fingerprint density at radius 2 is 1.77 bits per heavy atom. The summed E-state index contributed by atoms with van der Waals surface area (Å²) in [5, 5.41) is 18.6. The highest BCUT2D eigenvalue weighted by Crippen LogP contribution is 2.31. The van der Waals surface area contributed by atoms with Crippen molar-refractivity contribution in [2.75, 3.05) is 5.32 Å². The average molecular weight is 539 g/mol. The number of non-ortho nitro benzene ring substituents is 1. The van der Waals surface area contributed by atoms with Crippen LogP contribution in [0.4, 0.5) is 11.4 Å². The minimum absolute atomic E-state index is 0.0730. The molecular formula is C25H23BrN4O5. The summed E-state index contributed by atoms with van der Waals surface area (Å²) in [7, 11) is 0. The summed E-state index contributed by atoms with van der Waals surface area (Å²) < 4.78 is 14.3. The molecule has 4 aromatic rings. The van der Waals surface area contributed by atoms with Gasteiger partial charge in [-0.2, -0.15) is 5.10 Å². The van der Waals surface area contributed by atoms with E-state index in [9.17, 15) is 14.9 Å². The van der Waals surface area contributed by atoms with Gasteiger partial charge in [0.2, 0.25) is 0 Å². The number of rotatable bonds is 7. The van der Waals surface area contributed by atoms with Gasteiger partial charge in [-0.1, -0.05) is 6.07 Å². The van der Waals surface area contributed by atoms with E-state index in [1.54, 1.807) is 16.8 Å². The van der Waals surface area contributed by atoms with Crippen LogP contribution in [0.1, 0.15) is 38.8 Å². The molecule has 1 amide bonds. The molecule has 0 spiro atoms. The Morgan fingerprint density at radius 3 is 2.40 bits per heavy atom. The fourth-order valence-electron chi connectivity index (χ4n) is 3.70. The zero-order chi connectivity index (χ0) is 25.3. The van der Waals surface area contributed by atoms with E-state index in [2.05, 4.69) is 26.3 Å². The highest BCUT2D eigenvalue weighted by Gasteiger charge is 2.17. The molecule has 35 heavy (non-hydrogen) atoms. The van der Waals surface area contributed by atoms with Crippen LogP contribution < -0.4 is 10.1 Å². The molecule has 2 aromatic carbocycles. The second kappa shape index (κ2) is 9.75. The average Bonchev–Trinajstić information content (AvgIpc) is 3.33. The molecule has 0 aliphatic rings. The van der Waals surface area contributed by atoms with E-state index >= 15 is 0 Å². The molecule has 2 heterocycles. The predicted octanol–water partition coefficient (Wildman–Crippen LogP) is 6.47. The Bertz CT molecular complexity index is 1420. The van der Waals surface area contributed by atoms with Gasteiger partial charge in [0.15, 0.2) is 5.76 Å². The molecule has 0 fully saturated rings. The molecule has 4 rings (SSSR count). The number of amides is 1. The third-order valence-electron chi connectivity index (χ3n) is 5.28. The zero-order valence-electron chi connectivity index (χ0n) is 19.6. The van der Waals surface area contributed by atoms with Crippen molar-refractivity contribution in [2.24, 2.45) is 0 Å². The van der Waals surface area contributed by atoms with E-state index in [1.807, 2.05) is 45.9 Å². The van der Waals surface area contributed by atoms with Gasteiger partial charge in [0.25, 0.3) is 11.6 Å². The number of hydrogen-bond acceptors (Lipinski definition) is 6. The number of benzene rings is 2. The number of nitrogens with one attached hydrogen (secondary N) is 1. The molecule has 0 saturated carbocycles. The van der Waals surface area contributed by atoms with Crippen LogP contribution in [0.5, 0.6) is 11.5 Å². The number of halogens is 1. The van der Waals surface area contributed by atoms with E-state index in [0.717, 1.165) is 27.0 Å². The van der Waals surface area contributed by atoms with Crippen LogP contribution in [0.15, 0.2) is 57.4 Å². The Kier molecular flexibility index (Phi) is 6.74. The van der Waals surface area contributed by atoms with Crippen LogP contribution in [0.2, 0.25) is 0 Å². The Hall–Kier alpha value is -3.92. The lowest BCUT2D eigenvalue weighted by Gasteiger charge is -2.10. The Balaban J connectivity index is 1.53. The third-order valence-corrected chi connectivity index (χ3v) is 6.42. The SMILES string of the molecule is Cc1cc(C)cc(Oc2cc(NC(=O)c3ccc(Cn4nc(C)c(Br)c4C)o3)cc([N+](=O)[O-])c2)c1. The van der Waals surface area contributed by atoms with Gasteiger partial charge in [0.05, 0.1) is 39.1 Å². The number of aromatic nitrogens is 2. The fourth-order valence-corrected chi connectivity index (χ4v) is 3.99. The van der Waals surface area contributed by atoms with Crippen molar-refractivity contribution in [3.05, 3.63) is 97.2 Å². The maximum absolute atomic E-state index is 12.8. The first kappa shape index (κ1) is 24.2. The molecule has 0 saturated heterocycles. The first-order chi connectivity index (χ1) is 16.6. The number of hydrogen-bond donors (Lipinski definition) is 1. The van der Waals surface area contributed by atoms with Gasteiger partial charge in [-0.05, 0) is 79.0 Å². The van der Waals surface area contributed by atoms with Crippen molar-refractivity contribution < 1.29 is 18.9 Å². The molecule has 0 aliphatic heterocycles. The van der Waals surface area contributed by atoms with Crippen LogP contribution in [-0.2, 0) is 6.54 Å². The molecule has 0 bridgehead atoms. The van der Waals surface area contributed by atoms with Gasteiger partial charge >= 0.3 is 0 Å². The maximum atomic E-state index is 12.8. The number of anilines is 1. The Morgan fingerprint density at radius 1 is 1.09 bits per heavy atom. The topological polar surface area (TPSA) is 112 Å². The molecule has 0 atom stereocenters. The lowest BCUT2D eigenvalue weighted by molar-refractivity contribution is -0.384. The minimum Gasteiger partial charge on any atom is -0.457 e. The number of nitro benzene ring substituents is 1. The van der Waals surface area contributed by atoms with Gasteiger partial charge in [-0.15, -0.1) is 0 Å².